The molecule has 0 aromatic carbocycles. The average Bonchev–Trinajstić information content (AvgIpc) is 2.21. The number of carbonyl (C=O) groups excluding carboxylic acids is 1. The van der Waals surface area contributed by atoms with Crippen LogP contribution in [0.4, 0.5) is 8.78 Å². The number of nitrogens with zero attached hydrogens (tertiary/aromatic N) is 1. The van der Waals surface area contributed by atoms with Gasteiger partial charge in [-0.2, -0.15) is 0 Å². The predicted molar refractivity (Wildman–Crippen MR) is 53.5 cm³/mol. The molecule has 0 aromatic rings. The van der Waals surface area contributed by atoms with Gasteiger partial charge < -0.3 is 9.84 Å². The maximum Gasteiger partial charge on any atom is 0.251 e. The zero-order valence-corrected chi connectivity index (χ0v) is 9.07. The maximum atomic E-state index is 12.2. The summed E-state index contributed by atoms with van der Waals surface area (Å²) in [6.07, 6.45) is -2.10. The molecule has 16 heavy (non-hydrogen) atoms. The summed E-state index contributed by atoms with van der Waals surface area (Å²) in [5.41, 5.74) is 0. The molecule has 4 nitrogen and oxygen atoms in total. The van der Waals surface area contributed by atoms with Crippen LogP contribution in [-0.4, -0.2) is 61.7 Å². The lowest BCUT2D eigenvalue weighted by atomic mass is 10.00. The first-order valence-electron chi connectivity index (χ1n) is 5.35. The van der Waals surface area contributed by atoms with Crippen LogP contribution in [0.25, 0.3) is 0 Å². The van der Waals surface area contributed by atoms with Crippen LogP contribution in [0.3, 0.4) is 0 Å². The number of halogens is 2. The molecule has 1 atom stereocenters. The molecule has 1 aliphatic rings. The Bertz CT molecular complexity index is 226. The largest absolute Gasteiger partial charge is 0.395 e. The lowest BCUT2D eigenvalue weighted by Crippen LogP contribution is -2.41. The van der Waals surface area contributed by atoms with Crippen LogP contribution in [0.2, 0.25) is 0 Å². The van der Waals surface area contributed by atoms with Crippen molar-refractivity contribution in [3.8, 4) is 0 Å². The van der Waals surface area contributed by atoms with E-state index in [1.165, 1.54) is 4.90 Å². The molecule has 1 aliphatic heterocycles. The smallest absolute Gasteiger partial charge is 0.251 e. The van der Waals surface area contributed by atoms with Gasteiger partial charge in [-0.1, -0.05) is 0 Å². The van der Waals surface area contributed by atoms with E-state index in [9.17, 15) is 13.6 Å². The number of rotatable bonds is 6. The molecule has 1 unspecified atom stereocenters. The fraction of sp³-hybridized carbons (Fsp3) is 0.900. The molecule has 94 valence electrons. The van der Waals surface area contributed by atoms with Crippen molar-refractivity contribution in [2.45, 2.75) is 12.8 Å². The quantitative estimate of drug-likeness (QED) is 0.714. The lowest BCUT2D eigenvalue weighted by molar-refractivity contribution is -0.131. The van der Waals surface area contributed by atoms with Gasteiger partial charge in [-0.3, -0.25) is 9.69 Å². The van der Waals surface area contributed by atoms with Gasteiger partial charge in [0.2, 0.25) is 0 Å². The summed E-state index contributed by atoms with van der Waals surface area (Å²) in [5, 5.41) is 8.74. The van der Waals surface area contributed by atoms with Crippen molar-refractivity contribution < 1.29 is 23.4 Å². The number of carbonyl (C=O) groups is 1. The molecule has 1 rings (SSSR count). The number of hydrogen-bond acceptors (Lipinski definition) is 4. The fourth-order valence-corrected chi connectivity index (χ4v) is 1.76. The van der Waals surface area contributed by atoms with E-state index in [-0.39, 0.29) is 31.4 Å². The monoisotopic (exact) mass is 237 g/mol. The van der Waals surface area contributed by atoms with Crippen LogP contribution in [0.5, 0.6) is 0 Å². The molecule has 6 heteroatoms. The molecule has 0 aromatic heterocycles. The summed E-state index contributed by atoms with van der Waals surface area (Å²) in [6.45, 7) is 0.519. The van der Waals surface area contributed by atoms with E-state index in [0.29, 0.717) is 19.6 Å². The summed E-state index contributed by atoms with van der Waals surface area (Å²) in [7, 11) is 0. The van der Waals surface area contributed by atoms with Gasteiger partial charge in [-0.05, 0) is 0 Å². The van der Waals surface area contributed by atoms with Crippen molar-refractivity contribution in [1.82, 2.24) is 4.90 Å². The molecule has 0 radical (unpaired) electrons. The van der Waals surface area contributed by atoms with Crippen molar-refractivity contribution >= 4 is 5.78 Å². The first kappa shape index (κ1) is 13.5. The third-order valence-electron chi connectivity index (χ3n) is 2.56. The normalized spacial score (nSPS) is 22.1. The molecular weight excluding hydrogens is 220 g/mol. The highest BCUT2D eigenvalue weighted by atomic mass is 19.3. The highest BCUT2D eigenvalue weighted by molar-refractivity contribution is 5.82. The van der Waals surface area contributed by atoms with E-state index in [0.717, 1.165) is 0 Å². The van der Waals surface area contributed by atoms with E-state index >= 15 is 0 Å². The average molecular weight is 237 g/mol. The van der Waals surface area contributed by atoms with Crippen LogP contribution in [0.1, 0.15) is 6.42 Å². The van der Waals surface area contributed by atoms with Crippen LogP contribution < -0.4 is 0 Å². The number of ether oxygens (including phenoxy) is 1. The van der Waals surface area contributed by atoms with Crippen LogP contribution in [0.15, 0.2) is 0 Å². The van der Waals surface area contributed by atoms with Crippen LogP contribution in [-0.2, 0) is 9.53 Å². The van der Waals surface area contributed by atoms with Crippen molar-refractivity contribution in [2.24, 2.45) is 5.92 Å². The minimum Gasteiger partial charge on any atom is -0.395 e. The van der Waals surface area contributed by atoms with Crippen molar-refractivity contribution in [3.63, 3.8) is 0 Å². The third-order valence-corrected chi connectivity index (χ3v) is 2.56. The minimum atomic E-state index is -2.45. The maximum absolute atomic E-state index is 12.2. The minimum absolute atomic E-state index is 0.0588. The summed E-state index contributed by atoms with van der Waals surface area (Å²) in [6, 6.07) is 0. The summed E-state index contributed by atoms with van der Waals surface area (Å²) >= 11 is 0. The van der Waals surface area contributed by atoms with Crippen molar-refractivity contribution in [3.05, 3.63) is 0 Å². The molecule has 0 bridgehead atoms. The highest BCUT2D eigenvalue weighted by Gasteiger charge is 2.25. The van der Waals surface area contributed by atoms with Gasteiger partial charge in [0.15, 0.2) is 0 Å². The number of aliphatic hydroxyl groups excluding tert-OH is 1. The van der Waals surface area contributed by atoms with E-state index in [1.54, 1.807) is 0 Å². The highest BCUT2D eigenvalue weighted by Crippen LogP contribution is 2.12. The van der Waals surface area contributed by atoms with E-state index in [2.05, 4.69) is 0 Å². The van der Waals surface area contributed by atoms with Gasteiger partial charge in [0.25, 0.3) is 6.43 Å². The summed E-state index contributed by atoms with van der Waals surface area (Å²) < 4.78 is 29.6. The van der Waals surface area contributed by atoms with E-state index < -0.39 is 13.0 Å². The summed E-state index contributed by atoms with van der Waals surface area (Å²) in [5.74, 6) is -0.275. The predicted octanol–water partition coefficient (Wildman–Crippen LogP) is 0.151. The van der Waals surface area contributed by atoms with E-state index in [4.69, 9.17) is 9.84 Å². The molecule has 1 heterocycles. The zero-order valence-electron chi connectivity index (χ0n) is 9.07. The Morgan fingerprint density at radius 2 is 2.31 bits per heavy atom. The molecule has 0 saturated carbocycles. The van der Waals surface area contributed by atoms with Crippen LogP contribution >= 0.6 is 0 Å². The SMILES string of the molecule is O=C1CCOCC1CN(CCO)CC(F)F. The molecule has 0 aliphatic carbocycles. The first-order chi connectivity index (χ1) is 7.63. The van der Waals surface area contributed by atoms with Gasteiger partial charge in [0, 0.05) is 19.5 Å². The Morgan fingerprint density at radius 3 is 2.88 bits per heavy atom. The lowest BCUT2D eigenvalue weighted by Gasteiger charge is -2.28. The second kappa shape index (κ2) is 6.88. The van der Waals surface area contributed by atoms with Gasteiger partial charge in [-0.15, -0.1) is 0 Å². The van der Waals surface area contributed by atoms with Crippen LogP contribution in [0, 0.1) is 5.92 Å². The number of alkyl halides is 2. The Hall–Kier alpha value is -0.590. The second-order valence-corrected chi connectivity index (χ2v) is 3.86. The fourth-order valence-electron chi connectivity index (χ4n) is 1.76. The molecular formula is C10H17F2NO3. The standard InChI is InChI=1S/C10H17F2NO3/c11-10(12)6-13(2-3-14)5-8-7-16-4-1-9(8)15/h8,10,14H,1-7H2. The Kier molecular flexibility index (Phi) is 5.79. The van der Waals surface area contributed by atoms with E-state index in [1.807, 2.05) is 0 Å². The van der Waals surface area contributed by atoms with Gasteiger partial charge in [0.05, 0.1) is 32.3 Å². The number of hydrogen-bond donors (Lipinski definition) is 1. The van der Waals surface area contributed by atoms with Crippen molar-refractivity contribution in [2.75, 3.05) is 39.5 Å². The van der Waals surface area contributed by atoms with Gasteiger partial charge in [0.1, 0.15) is 5.78 Å². The summed E-state index contributed by atoms with van der Waals surface area (Å²) in [4.78, 5) is 12.9. The molecule has 1 fully saturated rings. The second-order valence-electron chi connectivity index (χ2n) is 3.86. The molecule has 0 amide bonds. The molecule has 1 N–H and O–H groups in total. The Labute approximate surface area is 93.2 Å². The Morgan fingerprint density at radius 1 is 1.56 bits per heavy atom. The van der Waals surface area contributed by atoms with Gasteiger partial charge >= 0.3 is 0 Å². The van der Waals surface area contributed by atoms with Crippen molar-refractivity contribution in [1.29, 1.82) is 0 Å². The molecule has 0 spiro atoms. The zero-order chi connectivity index (χ0) is 12.0. The first-order valence-corrected chi connectivity index (χ1v) is 5.35. The third kappa shape index (κ3) is 4.51. The number of Topliss-reactive ketones (excluding diaryl/α,β-unsaturated/α-hetero) is 1. The van der Waals surface area contributed by atoms with Gasteiger partial charge in [-0.25, -0.2) is 8.78 Å². The Balaban J connectivity index is 2.42. The number of aliphatic hydroxyl groups is 1. The topological polar surface area (TPSA) is 49.8 Å². The number of ketones is 1. The molecule has 1 saturated heterocycles.